The summed E-state index contributed by atoms with van der Waals surface area (Å²) < 4.78 is 0. The molecule has 1 atom stereocenters. The maximum absolute atomic E-state index is 5.89. The molecule has 1 aromatic rings. The van der Waals surface area contributed by atoms with Crippen LogP contribution in [-0.4, -0.2) is 4.98 Å². The highest BCUT2D eigenvalue weighted by atomic mass is 15.2. The van der Waals surface area contributed by atoms with Gasteiger partial charge in [0.2, 0.25) is 0 Å². The van der Waals surface area contributed by atoms with Crippen molar-refractivity contribution in [2.75, 3.05) is 5.73 Å². The number of nitrogens with one attached hydrogen (secondary N) is 1. The average Bonchev–Trinajstić information content (AvgIpc) is 2.89. The Morgan fingerprint density at radius 2 is 2.29 bits per heavy atom. The molecular formula is C10H16N4. The molecule has 76 valence electrons. The van der Waals surface area contributed by atoms with Crippen LogP contribution in [0.2, 0.25) is 0 Å². The lowest BCUT2D eigenvalue weighted by atomic mass is 9.92. The molecule has 1 fully saturated rings. The highest BCUT2D eigenvalue weighted by molar-refractivity contribution is 5.47. The van der Waals surface area contributed by atoms with E-state index >= 15 is 0 Å². The van der Waals surface area contributed by atoms with Gasteiger partial charge in [-0.2, -0.15) is 0 Å². The lowest BCUT2D eigenvalue weighted by molar-refractivity contribution is 0.372. The zero-order chi connectivity index (χ0) is 10.2. The van der Waals surface area contributed by atoms with E-state index in [1.165, 1.54) is 12.8 Å². The predicted molar refractivity (Wildman–Crippen MR) is 56.1 cm³/mol. The molecule has 1 heterocycles. The second kappa shape index (κ2) is 3.22. The third-order valence-corrected chi connectivity index (χ3v) is 3.10. The fraction of sp³-hybridized carbons (Fsp3) is 0.500. The number of nitrogen functional groups attached to an aromatic ring is 1. The van der Waals surface area contributed by atoms with E-state index in [1.807, 2.05) is 6.07 Å². The molecule has 0 bridgehead atoms. The van der Waals surface area contributed by atoms with Gasteiger partial charge in [-0.3, -0.25) is 16.3 Å². The fourth-order valence-electron chi connectivity index (χ4n) is 1.81. The van der Waals surface area contributed by atoms with Crippen LogP contribution >= 0.6 is 0 Å². The maximum atomic E-state index is 5.89. The van der Waals surface area contributed by atoms with Crippen molar-refractivity contribution in [1.82, 2.24) is 10.4 Å². The lowest BCUT2D eigenvalue weighted by Gasteiger charge is -2.23. The Morgan fingerprint density at radius 1 is 1.57 bits per heavy atom. The molecule has 0 spiro atoms. The van der Waals surface area contributed by atoms with Gasteiger partial charge in [0, 0.05) is 23.6 Å². The van der Waals surface area contributed by atoms with Crippen molar-refractivity contribution in [3.05, 3.63) is 24.0 Å². The zero-order valence-corrected chi connectivity index (χ0v) is 8.33. The Morgan fingerprint density at radius 3 is 2.79 bits per heavy atom. The minimum atomic E-state index is 0.121. The first-order chi connectivity index (χ1) is 6.67. The first-order valence-corrected chi connectivity index (χ1v) is 4.83. The Balaban J connectivity index is 2.32. The summed E-state index contributed by atoms with van der Waals surface area (Å²) in [5, 5.41) is 0. The second-order valence-corrected chi connectivity index (χ2v) is 4.26. The molecule has 0 radical (unpaired) electrons. The van der Waals surface area contributed by atoms with E-state index in [4.69, 9.17) is 11.6 Å². The molecule has 1 aliphatic rings. The smallest absolute Gasteiger partial charge is 0.0549 e. The topological polar surface area (TPSA) is 77.0 Å². The molecule has 4 nitrogen and oxygen atoms in total. The van der Waals surface area contributed by atoms with Crippen molar-refractivity contribution in [3.63, 3.8) is 0 Å². The van der Waals surface area contributed by atoms with Gasteiger partial charge in [-0.15, -0.1) is 0 Å². The molecule has 0 saturated heterocycles. The molecule has 5 N–H and O–H groups in total. The van der Waals surface area contributed by atoms with Crippen LogP contribution in [0.1, 0.15) is 31.4 Å². The van der Waals surface area contributed by atoms with Crippen molar-refractivity contribution in [1.29, 1.82) is 0 Å². The molecule has 1 aliphatic carbocycles. The number of hydrogen-bond donors (Lipinski definition) is 3. The third kappa shape index (κ3) is 1.47. The summed E-state index contributed by atoms with van der Waals surface area (Å²) in [7, 11) is 0. The van der Waals surface area contributed by atoms with E-state index in [-0.39, 0.29) is 11.5 Å². The highest BCUT2D eigenvalue weighted by Crippen LogP contribution is 2.54. The van der Waals surface area contributed by atoms with E-state index in [2.05, 4.69) is 17.3 Å². The van der Waals surface area contributed by atoms with E-state index in [9.17, 15) is 0 Å². The summed E-state index contributed by atoms with van der Waals surface area (Å²) in [6.07, 6.45) is 5.87. The molecule has 2 rings (SSSR count). The summed E-state index contributed by atoms with van der Waals surface area (Å²) in [6.45, 7) is 2.21. The first kappa shape index (κ1) is 9.43. The lowest BCUT2D eigenvalue weighted by Crippen LogP contribution is -2.34. The van der Waals surface area contributed by atoms with Crippen molar-refractivity contribution in [2.24, 2.45) is 11.3 Å². The zero-order valence-electron chi connectivity index (χ0n) is 8.33. The average molecular weight is 192 g/mol. The number of anilines is 1. The van der Waals surface area contributed by atoms with Crippen molar-refractivity contribution < 1.29 is 0 Å². The number of hydrogen-bond acceptors (Lipinski definition) is 4. The molecule has 1 unspecified atom stereocenters. The molecular weight excluding hydrogens is 176 g/mol. The van der Waals surface area contributed by atoms with Crippen molar-refractivity contribution >= 4 is 5.69 Å². The van der Waals surface area contributed by atoms with E-state index < -0.39 is 0 Å². The number of rotatable bonds is 3. The van der Waals surface area contributed by atoms with Crippen molar-refractivity contribution in [2.45, 2.75) is 25.8 Å². The molecule has 14 heavy (non-hydrogen) atoms. The minimum Gasteiger partial charge on any atom is -0.398 e. The van der Waals surface area contributed by atoms with Gasteiger partial charge < -0.3 is 5.73 Å². The third-order valence-electron chi connectivity index (χ3n) is 3.10. The van der Waals surface area contributed by atoms with E-state index in [1.54, 1.807) is 12.4 Å². The monoisotopic (exact) mass is 192 g/mol. The Hall–Kier alpha value is -1.13. The Bertz CT molecular complexity index is 333. The summed E-state index contributed by atoms with van der Waals surface area (Å²) in [6, 6.07) is 1.93. The molecule has 0 aromatic carbocycles. The van der Waals surface area contributed by atoms with Crippen LogP contribution in [0.4, 0.5) is 5.69 Å². The van der Waals surface area contributed by atoms with Gasteiger partial charge in [0.1, 0.15) is 0 Å². The first-order valence-electron chi connectivity index (χ1n) is 4.83. The van der Waals surface area contributed by atoms with Gasteiger partial charge in [-0.25, -0.2) is 0 Å². The van der Waals surface area contributed by atoms with Gasteiger partial charge in [0.25, 0.3) is 0 Å². The van der Waals surface area contributed by atoms with Gasteiger partial charge in [-0.05, 0) is 24.3 Å². The maximum Gasteiger partial charge on any atom is 0.0549 e. The second-order valence-electron chi connectivity index (χ2n) is 4.26. The summed E-state index contributed by atoms with van der Waals surface area (Å²) >= 11 is 0. The summed E-state index contributed by atoms with van der Waals surface area (Å²) in [5.41, 5.74) is 10.8. The quantitative estimate of drug-likeness (QED) is 0.492. The predicted octanol–water partition coefficient (Wildman–Crippen LogP) is 0.968. The minimum absolute atomic E-state index is 0.121. The molecule has 1 saturated carbocycles. The number of hydrazine groups is 1. The van der Waals surface area contributed by atoms with Crippen LogP contribution in [0.5, 0.6) is 0 Å². The Labute approximate surface area is 83.7 Å². The summed E-state index contributed by atoms with van der Waals surface area (Å²) in [5.74, 6) is 5.57. The molecule has 0 aliphatic heterocycles. The number of pyridine rings is 1. The normalized spacial score (nSPS) is 20.4. The molecule has 1 aromatic heterocycles. The largest absolute Gasteiger partial charge is 0.398 e. The number of nitrogens with zero attached hydrogens (tertiary/aromatic N) is 1. The van der Waals surface area contributed by atoms with Crippen LogP contribution in [0.15, 0.2) is 18.5 Å². The Kier molecular flexibility index (Phi) is 2.17. The SMILES string of the molecule is CC1(C(NN)c2cnccc2N)CC1. The molecule has 0 amide bonds. The van der Waals surface area contributed by atoms with E-state index in [0.717, 1.165) is 11.3 Å². The summed E-state index contributed by atoms with van der Waals surface area (Å²) in [4.78, 5) is 4.08. The van der Waals surface area contributed by atoms with Crippen LogP contribution in [0.25, 0.3) is 0 Å². The van der Waals surface area contributed by atoms with Crippen LogP contribution in [0, 0.1) is 5.41 Å². The van der Waals surface area contributed by atoms with Gasteiger partial charge in [0.05, 0.1) is 6.04 Å². The highest BCUT2D eigenvalue weighted by Gasteiger charge is 2.45. The van der Waals surface area contributed by atoms with Gasteiger partial charge >= 0.3 is 0 Å². The fourth-order valence-corrected chi connectivity index (χ4v) is 1.81. The number of nitrogens with two attached hydrogens (primary N) is 2. The number of aromatic nitrogens is 1. The van der Waals surface area contributed by atoms with Crippen LogP contribution in [-0.2, 0) is 0 Å². The van der Waals surface area contributed by atoms with E-state index in [0.29, 0.717) is 0 Å². The van der Waals surface area contributed by atoms with Gasteiger partial charge in [-0.1, -0.05) is 6.92 Å². The van der Waals surface area contributed by atoms with Crippen molar-refractivity contribution in [3.8, 4) is 0 Å². The standard InChI is InChI=1S/C10H16N4/c1-10(3-4-10)9(14-12)7-6-13-5-2-8(7)11/h2,5-6,9,14H,3-4,12H2,1H3,(H2,11,13). The van der Waals surface area contributed by atoms with Crippen LogP contribution < -0.4 is 17.0 Å². The van der Waals surface area contributed by atoms with Gasteiger partial charge in [0.15, 0.2) is 0 Å². The van der Waals surface area contributed by atoms with Crippen LogP contribution in [0.3, 0.4) is 0 Å². The molecule has 4 heteroatoms.